The number of piperazine rings is 1. The van der Waals surface area contributed by atoms with Gasteiger partial charge in [0.25, 0.3) is 0 Å². The van der Waals surface area contributed by atoms with Crippen molar-refractivity contribution >= 4 is 11.8 Å². The van der Waals surface area contributed by atoms with Crippen LogP contribution >= 0.6 is 0 Å². The van der Waals surface area contributed by atoms with Crippen molar-refractivity contribution in [2.24, 2.45) is 0 Å². The molecule has 0 unspecified atom stereocenters. The normalized spacial score (nSPS) is 15.1. The van der Waals surface area contributed by atoms with E-state index in [0.29, 0.717) is 19.6 Å². The molecule has 0 aromatic heterocycles. The molecule has 0 radical (unpaired) electrons. The number of carbonyl (C=O) groups excluding carboxylic acids is 1. The highest BCUT2D eigenvalue weighted by molar-refractivity contribution is 5.79. The molecule has 5 heteroatoms. The zero-order valence-electron chi connectivity index (χ0n) is 20.2. The molecule has 5 nitrogen and oxygen atoms in total. The second-order valence-electron chi connectivity index (χ2n) is 9.14. The Kier molecular flexibility index (Phi) is 7.02. The summed E-state index contributed by atoms with van der Waals surface area (Å²) in [5.74, 6) is 6.40. The zero-order valence-corrected chi connectivity index (χ0v) is 20.2. The first-order valence-electron chi connectivity index (χ1n) is 12.3. The second kappa shape index (κ2) is 10.7. The van der Waals surface area contributed by atoms with Crippen molar-refractivity contribution < 1.29 is 9.53 Å². The quantitative estimate of drug-likeness (QED) is 0.438. The Morgan fingerprint density at radius 2 is 1.54 bits per heavy atom. The van der Waals surface area contributed by atoms with E-state index in [0.717, 1.165) is 31.7 Å². The van der Waals surface area contributed by atoms with Crippen LogP contribution in [-0.2, 0) is 4.74 Å². The van der Waals surface area contributed by atoms with Crippen molar-refractivity contribution in [1.82, 2.24) is 10.2 Å². The van der Waals surface area contributed by atoms with Crippen LogP contribution in [0.4, 0.5) is 10.5 Å². The Morgan fingerprint density at radius 3 is 2.20 bits per heavy atom. The molecule has 0 spiro atoms. The highest BCUT2D eigenvalue weighted by Gasteiger charge is 2.28. The first kappa shape index (κ1) is 23.0. The van der Waals surface area contributed by atoms with Gasteiger partial charge in [0.1, 0.15) is 6.61 Å². The first-order chi connectivity index (χ1) is 17.2. The number of amides is 1. The summed E-state index contributed by atoms with van der Waals surface area (Å²) in [5.41, 5.74) is 7.12. The van der Waals surface area contributed by atoms with E-state index in [-0.39, 0.29) is 5.92 Å². The van der Waals surface area contributed by atoms with Gasteiger partial charge in [-0.2, -0.15) is 0 Å². The summed E-state index contributed by atoms with van der Waals surface area (Å²) in [6.07, 6.45) is 0.176. The molecular formula is C30H31N3O2. The van der Waals surface area contributed by atoms with Gasteiger partial charge in [-0.3, -0.25) is 0 Å². The van der Waals surface area contributed by atoms with Crippen molar-refractivity contribution in [3.63, 3.8) is 0 Å². The number of anilines is 1. The smallest absolute Gasteiger partial charge is 0.407 e. The monoisotopic (exact) mass is 465 g/mol. The van der Waals surface area contributed by atoms with Crippen molar-refractivity contribution in [1.29, 1.82) is 0 Å². The van der Waals surface area contributed by atoms with Crippen LogP contribution in [0.5, 0.6) is 0 Å². The molecule has 178 valence electrons. The number of hydrogen-bond acceptors (Lipinski definition) is 4. The lowest BCUT2D eigenvalue weighted by molar-refractivity contribution is 0.143. The molecule has 1 N–H and O–H groups in total. The van der Waals surface area contributed by atoms with Crippen molar-refractivity contribution in [2.75, 3.05) is 51.3 Å². The molecule has 1 aliphatic heterocycles. The third kappa shape index (κ3) is 5.34. The lowest BCUT2D eigenvalue weighted by Crippen LogP contribution is -2.44. The third-order valence-corrected chi connectivity index (χ3v) is 6.83. The van der Waals surface area contributed by atoms with E-state index in [1.165, 1.54) is 27.9 Å². The Balaban J connectivity index is 1.07. The SMILES string of the molecule is CN1CCN(c2ccc(C#CCCNC(=O)OCC3c4ccccc4-c4ccccc43)cc2)CC1. The minimum absolute atomic E-state index is 0.0711. The Labute approximate surface area is 207 Å². The molecule has 1 fully saturated rings. The maximum absolute atomic E-state index is 12.3. The molecule has 3 aromatic rings. The number of nitrogens with one attached hydrogen (secondary N) is 1. The van der Waals surface area contributed by atoms with Crippen LogP contribution in [-0.4, -0.2) is 57.4 Å². The molecule has 0 bridgehead atoms. The number of nitrogens with zero attached hydrogens (tertiary/aromatic N) is 2. The molecule has 1 aliphatic carbocycles. The first-order valence-corrected chi connectivity index (χ1v) is 12.3. The van der Waals surface area contributed by atoms with Gasteiger partial charge in [-0.05, 0) is 53.6 Å². The number of likely N-dealkylation sites (N-methyl/N-ethyl adjacent to an activating group) is 1. The molecule has 2 aliphatic rings. The van der Waals surface area contributed by atoms with Crippen molar-refractivity contribution in [3.05, 3.63) is 89.5 Å². The highest BCUT2D eigenvalue weighted by atomic mass is 16.5. The van der Waals surface area contributed by atoms with Crippen LogP contribution in [0.1, 0.15) is 29.0 Å². The summed E-state index contributed by atoms with van der Waals surface area (Å²) in [5, 5.41) is 2.82. The molecule has 1 amide bonds. The molecule has 5 rings (SSSR count). The average Bonchev–Trinajstić information content (AvgIpc) is 3.22. The summed E-state index contributed by atoms with van der Waals surface area (Å²) in [6, 6.07) is 25.1. The number of carbonyl (C=O) groups is 1. The van der Waals surface area contributed by atoms with Crippen molar-refractivity contribution in [3.8, 4) is 23.0 Å². The fraction of sp³-hybridized carbons (Fsp3) is 0.300. The number of rotatable bonds is 5. The van der Waals surface area contributed by atoms with Gasteiger partial charge < -0.3 is 19.9 Å². The minimum atomic E-state index is -0.398. The Hall–Kier alpha value is -3.75. The molecule has 0 atom stereocenters. The molecule has 0 saturated carbocycles. The van der Waals surface area contributed by atoms with Gasteiger partial charge in [0.15, 0.2) is 0 Å². The predicted molar refractivity (Wildman–Crippen MR) is 141 cm³/mol. The number of fused-ring (bicyclic) bond motifs is 3. The van der Waals surface area contributed by atoms with Crippen LogP contribution < -0.4 is 10.2 Å². The summed E-state index contributed by atoms with van der Waals surface area (Å²) < 4.78 is 5.58. The Morgan fingerprint density at radius 1 is 0.914 bits per heavy atom. The standard InChI is InChI=1S/C30H31N3O2/c1-32-18-20-33(21-19-32)24-15-13-23(14-16-24)8-6-7-17-31-30(34)35-22-29-27-11-4-2-9-25(27)26-10-3-5-12-28(26)29/h2-5,9-16,29H,7,17-22H2,1H3,(H,31,34). The van der Waals surface area contributed by atoms with E-state index in [2.05, 4.69) is 94.7 Å². The van der Waals surface area contributed by atoms with E-state index in [4.69, 9.17) is 4.74 Å². The third-order valence-electron chi connectivity index (χ3n) is 6.83. The van der Waals surface area contributed by atoms with E-state index in [1.807, 2.05) is 12.1 Å². The van der Waals surface area contributed by atoms with Crippen LogP contribution in [0.3, 0.4) is 0 Å². The van der Waals surface area contributed by atoms with Crippen LogP contribution in [0.25, 0.3) is 11.1 Å². The number of hydrogen-bond donors (Lipinski definition) is 1. The van der Waals surface area contributed by atoms with E-state index in [9.17, 15) is 4.79 Å². The van der Waals surface area contributed by atoms with Crippen LogP contribution in [0, 0.1) is 11.8 Å². The van der Waals surface area contributed by atoms with Gasteiger partial charge in [0, 0.05) is 56.3 Å². The molecule has 3 aromatic carbocycles. The zero-order chi connectivity index (χ0) is 24.0. The van der Waals surface area contributed by atoms with Crippen LogP contribution in [0.2, 0.25) is 0 Å². The van der Waals surface area contributed by atoms with E-state index >= 15 is 0 Å². The fourth-order valence-electron chi connectivity index (χ4n) is 4.86. The van der Waals surface area contributed by atoms with Crippen molar-refractivity contribution in [2.45, 2.75) is 12.3 Å². The van der Waals surface area contributed by atoms with Gasteiger partial charge in [-0.25, -0.2) is 4.79 Å². The topological polar surface area (TPSA) is 44.8 Å². The highest BCUT2D eigenvalue weighted by Crippen LogP contribution is 2.44. The van der Waals surface area contributed by atoms with Gasteiger partial charge in [0.05, 0.1) is 0 Å². The van der Waals surface area contributed by atoms with Gasteiger partial charge >= 0.3 is 6.09 Å². The predicted octanol–water partition coefficient (Wildman–Crippen LogP) is 4.72. The molecule has 1 heterocycles. The largest absolute Gasteiger partial charge is 0.449 e. The summed E-state index contributed by atoms with van der Waals surface area (Å²) >= 11 is 0. The summed E-state index contributed by atoms with van der Waals surface area (Å²) in [4.78, 5) is 17.0. The molecular weight excluding hydrogens is 434 g/mol. The summed E-state index contributed by atoms with van der Waals surface area (Å²) in [6.45, 7) is 5.09. The molecule has 1 saturated heterocycles. The van der Waals surface area contributed by atoms with Crippen LogP contribution in [0.15, 0.2) is 72.8 Å². The Bertz CT molecular complexity index is 1190. The molecule has 35 heavy (non-hydrogen) atoms. The lowest BCUT2D eigenvalue weighted by atomic mass is 9.98. The number of alkyl carbamates (subject to hydrolysis) is 1. The van der Waals surface area contributed by atoms with E-state index < -0.39 is 6.09 Å². The maximum Gasteiger partial charge on any atom is 0.407 e. The fourth-order valence-corrected chi connectivity index (χ4v) is 4.86. The summed E-state index contributed by atoms with van der Waals surface area (Å²) in [7, 11) is 2.17. The van der Waals surface area contributed by atoms with Gasteiger partial charge in [-0.15, -0.1) is 0 Å². The second-order valence-corrected chi connectivity index (χ2v) is 9.14. The maximum atomic E-state index is 12.3. The average molecular weight is 466 g/mol. The van der Waals surface area contributed by atoms with Gasteiger partial charge in [-0.1, -0.05) is 60.4 Å². The lowest BCUT2D eigenvalue weighted by Gasteiger charge is -2.34. The van der Waals surface area contributed by atoms with Gasteiger partial charge in [0.2, 0.25) is 0 Å². The number of ether oxygens (including phenoxy) is 1. The van der Waals surface area contributed by atoms with E-state index in [1.54, 1.807) is 0 Å². The minimum Gasteiger partial charge on any atom is -0.449 e. The number of benzene rings is 3.